The summed E-state index contributed by atoms with van der Waals surface area (Å²) in [6.07, 6.45) is 1.20. The summed E-state index contributed by atoms with van der Waals surface area (Å²) in [5, 5.41) is 0. The fourth-order valence-corrected chi connectivity index (χ4v) is 2.42. The molecule has 0 aliphatic heterocycles. The van der Waals surface area contributed by atoms with Crippen LogP contribution in [-0.2, 0) is 0 Å². The molecule has 1 saturated carbocycles. The van der Waals surface area contributed by atoms with Crippen LogP contribution < -0.4 is 0 Å². The van der Waals surface area contributed by atoms with E-state index >= 15 is 0 Å². The molecule has 0 radical (unpaired) electrons. The highest BCUT2D eigenvalue weighted by atomic mass is 19.3. The lowest BCUT2D eigenvalue weighted by Gasteiger charge is -2.38. The van der Waals surface area contributed by atoms with Crippen LogP contribution >= 0.6 is 0 Å². The molecular formula is C12H22F2. The Balaban J connectivity index is 2.67. The van der Waals surface area contributed by atoms with Crippen molar-refractivity contribution in [2.75, 3.05) is 0 Å². The zero-order valence-corrected chi connectivity index (χ0v) is 9.69. The first kappa shape index (κ1) is 11.9. The van der Waals surface area contributed by atoms with Crippen molar-refractivity contribution < 1.29 is 8.78 Å². The van der Waals surface area contributed by atoms with Gasteiger partial charge >= 0.3 is 0 Å². The Hall–Kier alpha value is -0.140. The predicted octanol–water partition coefficient (Wildman–Crippen LogP) is 4.35. The Morgan fingerprint density at radius 2 is 1.29 bits per heavy atom. The first-order chi connectivity index (χ1) is 6.32. The van der Waals surface area contributed by atoms with E-state index in [1.165, 1.54) is 0 Å². The van der Waals surface area contributed by atoms with Gasteiger partial charge in [0.2, 0.25) is 5.92 Å². The monoisotopic (exact) mass is 204 g/mol. The number of rotatable bonds is 2. The molecule has 0 spiro atoms. The van der Waals surface area contributed by atoms with Crippen LogP contribution in [0.2, 0.25) is 0 Å². The summed E-state index contributed by atoms with van der Waals surface area (Å²) in [7, 11) is 0. The molecule has 14 heavy (non-hydrogen) atoms. The first-order valence-corrected chi connectivity index (χ1v) is 5.69. The van der Waals surface area contributed by atoms with E-state index in [4.69, 9.17) is 0 Å². The van der Waals surface area contributed by atoms with E-state index in [1.54, 1.807) is 0 Å². The number of hydrogen-bond donors (Lipinski definition) is 0. The van der Waals surface area contributed by atoms with Crippen LogP contribution in [0.5, 0.6) is 0 Å². The van der Waals surface area contributed by atoms with E-state index in [0.717, 1.165) is 6.42 Å². The maximum Gasteiger partial charge on any atom is 0.248 e. The molecule has 2 atom stereocenters. The Morgan fingerprint density at radius 1 is 0.929 bits per heavy atom. The minimum absolute atomic E-state index is 0.105. The highest BCUT2D eigenvalue weighted by Gasteiger charge is 2.42. The minimum Gasteiger partial charge on any atom is -0.207 e. The SMILES string of the molecule is CC(C)[C@@H]1C[C@H](C(C)C)CC(F)(F)C1. The summed E-state index contributed by atoms with van der Waals surface area (Å²) in [6, 6.07) is 0. The third-order valence-electron chi connectivity index (χ3n) is 3.61. The summed E-state index contributed by atoms with van der Waals surface area (Å²) in [5.74, 6) is -1.20. The lowest BCUT2D eigenvalue weighted by atomic mass is 9.71. The molecule has 0 amide bonds. The van der Waals surface area contributed by atoms with Crippen LogP contribution in [0.1, 0.15) is 47.0 Å². The summed E-state index contributed by atoms with van der Waals surface area (Å²) < 4.78 is 26.9. The zero-order chi connectivity index (χ0) is 10.9. The Kier molecular flexibility index (Phi) is 3.54. The molecule has 84 valence electrons. The van der Waals surface area contributed by atoms with Crippen molar-refractivity contribution >= 4 is 0 Å². The van der Waals surface area contributed by atoms with Gasteiger partial charge in [-0.25, -0.2) is 8.78 Å². The van der Waals surface area contributed by atoms with Crippen LogP contribution in [0.4, 0.5) is 8.78 Å². The number of alkyl halides is 2. The average molecular weight is 204 g/mol. The van der Waals surface area contributed by atoms with Crippen LogP contribution in [0.15, 0.2) is 0 Å². The molecule has 0 aromatic rings. The molecule has 0 unspecified atom stereocenters. The highest BCUT2D eigenvalue weighted by molar-refractivity contribution is 4.86. The van der Waals surface area contributed by atoms with Crippen LogP contribution in [0.25, 0.3) is 0 Å². The van der Waals surface area contributed by atoms with Gasteiger partial charge in [-0.15, -0.1) is 0 Å². The van der Waals surface area contributed by atoms with Crippen molar-refractivity contribution in [3.63, 3.8) is 0 Å². The van der Waals surface area contributed by atoms with Gasteiger partial charge in [-0.1, -0.05) is 27.7 Å². The van der Waals surface area contributed by atoms with Gasteiger partial charge in [0.15, 0.2) is 0 Å². The minimum atomic E-state index is -2.41. The van der Waals surface area contributed by atoms with Gasteiger partial charge in [0.25, 0.3) is 0 Å². The highest BCUT2D eigenvalue weighted by Crippen LogP contribution is 2.45. The third kappa shape index (κ3) is 2.93. The largest absolute Gasteiger partial charge is 0.248 e. The fraction of sp³-hybridized carbons (Fsp3) is 1.00. The van der Waals surface area contributed by atoms with Gasteiger partial charge in [-0.05, 0) is 30.1 Å². The Labute approximate surface area is 86.1 Å². The van der Waals surface area contributed by atoms with Crippen molar-refractivity contribution in [2.24, 2.45) is 23.7 Å². The molecule has 1 aliphatic carbocycles. The molecule has 0 bridgehead atoms. The summed E-state index contributed by atoms with van der Waals surface area (Å²) in [4.78, 5) is 0. The third-order valence-corrected chi connectivity index (χ3v) is 3.61. The lowest BCUT2D eigenvalue weighted by molar-refractivity contribution is -0.0868. The standard InChI is InChI=1S/C12H22F2/c1-8(2)10-5-11(9(3)4)7-12(13,14)6-10/h8-11H,5-7H2,1-4H3/t10-,11+. The van der Waals surface area contributed by atoms with Crippen LogP contribution in [-0.4, -0.2) is 5.92 Å². The maximum absolute atomic E-state index is 13.4. The second-order valence-corrected chi connectivity index (χ2v) is 5.51. The summed E-state index contributed by atoms with van der Waals surface area (Å²) >= 11 is 0. The molecule has 1 rings (SSSR count). The zero-order valence-electron chi connectivity index (χ0n) is 9.69. The number of hydrogen-bond acceptors (Lipinski definition) is 0. The first-order valence-electron chi connectivity index (χ1n) is 5.69. The molecular weight excluding hydrogens is 182 g/mol. The van der Waals surface area contributed by atoms with Crippen LogP contribution in [0, 0.1) is 23.7 Å². The van der Waals surface area contributed by atoms with Gasteiger partial charge < -0.3 is 0 Å². The molecule has 0 nitrogen and oxygen atoms in total. The predicted molar refractivity (Wildman–Crippen MR) is 55.5 cm³/mol. The average Bonchev–Trinajstić information content (AvgIpc) is 2.01. The fourth-order valence-electron chi connectivity index (χ4n) is 2.42. The molecule has 1 aliphatic rings. The van der Waals surface area contributed by atoms with E-state index in [0.29, 0.717) is 11.8 Å². The molecule has 0 aromatic heterocycles. The molecule has 2 heteroatoms. The maximum atomic E-state index is 13.4. The van der Waals surface area contributed by atoms with Crippen molar-refractivity contribution in [3.8, 4) is 0 Å². The summed E-state index contributed by atoms with van der Waals surface area (Å²) in [6.45, 7) is 8.24. The van der Waals surface area contributed by atoms with E-state index in [-0.39, 0.29) is 24.7 Å². The van der Waals surface area contributed by atoms with Gasteiger partial charge in [-0.3, -0.25) is 0 Å². The second kappa shape index (κ2) is 4.16. The van der Waals surface area contributed by atoms with Crippen molar-refractivity contribution in [1.29, 1.82) is 0 Å². The molecule has 0 saturated heterocycles. The smallest absolute Gasteiger partial charge is 0.207 e. The summed E-state index contributed by atoms with van der Waals surface area (Å²) in [5.41, 5.74) is 0. The van der Waals surface area contributed by atoms with E-state index in [9.17, 15) is 8.78 Å². The van der Waals surface area contributed by atoms with E-state index in [1.807, 2.05) is 0 Å². The molecule has 0 N–H and O–H groups in total. The molecule has 0 heterocycles. The van der Waals surface area contributed by atoms with Crippen molar-refractivity contribution in [1.82, 2.24) is 0 Å². The number of halogens is 2. The quantitative estimate of drug-likeness (QED) is 0.627. The van der Waals surface area contributed by atoms with Crippen molar-refractivity contribution in [2.45, 2.75) is 52.9 Å². The van der Waals surface area contributed by atoms with Gasteiger partial charge in [-0.2, -0.15) is 0 Å². The second-order valence-electron chi connectivity index (χ2n) is 5.51. The van der Waals surface area contributed by atoms with E-state index in [2.05, 4.69) is 27.7 Å². The lowest BCUT2D eigenvalue weighted by Crippen LogP contribution is -2.35. The van der Waals surface area contributed by atoms with Gasteiger partial charge in [0.05, 0.1) is 0 Å². The van der Waals surface area contributed by atoms with E-state index < -0.39 is 5.92 Å². The Morgan fingerprint density at radius 3 is 1.57 bits per heavy atom. The molecule has 0 aromatic carbocycles. The normalized spacial score (nSPS) is 32.6. The van der Waals surface area contributed by atoms with Crippen LogP contribution in [0.3, 0.4) is 0 Å². The van der Waals surface area contributed by atoms with Gasteiger partial charge in [0, 0.05) is 12.8 Å². The Bertz CT molecular complexity index is 167. The van der Waals surface area contributed by atoms with Gasteiger partial charge in [0.1, 0.15) is 0 Å². The molecule has 1 fully saturated rings. The topological polar surface area (TPSA) is 0 Å². The van der Waals surface area contributed by atoms with Crippen molar-refractivity contribution in [3.05, 3.63) is 0 Å².